The van der Waals surface area contributed by atoms with Crippen LogP contribution in [0.5, 0.6) is 0 Å². The van der Waals surface area contributed by atoms with E-state index in [1.165, 1.54) is 76.5 Å². The lowest BCUT2D eigenvalue weighted by molar-refractivity contribution is 0.669. The Morgan fingerprint density at radius 3 is 1.40 bits per heavy atom. The smallest absolute Gasteiger partial charge is 0.135 e. The molecule has 0 saturated carbocycles. The minimum atomic E-state index is 0.903. The molecule has 0 atom stereocenters. The Hall–Kier alpha value is -6.18. The molecule has 0 bridgehead atoms. The summed E-state index contributed by atoms with van der Waals surface area (Å²) in [5, 5.41) is 12.3. The summed E-state index contributed by atoms with van der Waals surface area (Å²) in [6, 6.07) is 61.6. The average molecular weight is 597 g/mol. The largest absolute Gasteiger partial charge is 0.456 e. The highest BCUT2D eigenvalue weighted by Crippen LogP contribution is 2.45. The lowest BCUT2D eigenvalue weighted by Crippen LogP contribution is -1.91. The summed E-state index contributed by atoms with van der Waals surface area (Å²) in [6.07, 6.45) is 0. The van der Waals surface area contributed by atoms with Gasteiger partial charge in [0.15, 0.2) is 0 Å². The van der Waals surface area contributed by atoms with Crippen molar-refractivity contribution in [2.24, 2.45) is 0 Å². The van der Waals surface area contributed by atoms with Gasteiger partial charge < -0.3 is 4.42 Å². The third-order valence-corrected chi connectivity index (χ3v) is 9.83. The van der Waals surface area contributed by atoms with E-state index in [1.54, 1.807) is 0 Å². The molecule has 0 N–H and O–H groups in total. The van der Waals surface area contributed by atoms with Gasteiger partial charge in [-0.1, -0.05) is 140 Å². The molecule has 0 aliphatic rings. The van der Waals surface area contributed by atoms with Gasteiger partial charge in [-0.05, 0) is 107 Å². The molecule has 1 heteroatoms. The molecule has 0 aliphatic heterocycles. The van der Waals surface area contributed by atoms with Crippen LogP contribution in [0.15, 0.2) is 174 Å². The van der Waals surface area contributed by atoms with Gasteiger partial charge >= 0.3 is 0 Å². The quantitative estimate of drug-likeness (QED) is 0.185. The molecule has 1 heterocycles. The van der Waals surface area contributed by atoms with E-state index < -0.39 is 0 Å². The fourth-order valence-electron chi connectivity index (χ4n) is 7.67. The first-order chi connectivity index (χ1) is 23.3. The van der Waals surface area contributed by atoms with Gasteiger partial charge in [0, 0.05) is 10.8 Å². The van der Waals surface area contributed by atoms with Crippen molar-refractivity contribution in [1.29, 1.82) is 0 Å². The fraction of sp³-hybridized carbons (Fsp3) is 0. The van der Waals surface area contributed by atoms with Gasteiger partial charge in [-0.3, -0.25) is 0 Å². The van der Waals surface area contributed by atoms with Crippen LogP contribution in [0.1, 0.15) is 0 Å². The third-order valence-electron chi connectivity index (χ3n) is 9.83. The van der Waals surface area contributed by atoms with Gasteiger partial charge in [0.1, 0.15) is 11.2 Å². The Kier molecular flexibility index (Phi) is 5.64. The van der Waals surface area contributed by atoms with Crippen molar-refractivity contribution in [3.63, 3.8) is 0 Å². The first kappa shape index (κ1) is 26.1. The Labute approximate surface area is 271 Å². The molecule has 47 heavy (non-hydrogen) atoms. The van der Waals surface area contributed by atoms with Crippen LogP contribution >= 0.6 is 0 Å². The van der Waals surface area contributed by atoms with Gasteiger partial charge in [0.2, 0.25) is 0 Å². The van der Waals surface area contributed by atoms with E-state index in [2.05, 4.69) is 170 Å². The van der Waals surface area contributed by atoms with E-state index in [-0.39, 0.29) is 0 Å². The van der Waals surface area contributed by atoms with Crippen molar-refractivity contribution in [3.05, 3.63) is 170 Å². The van der Waals surface area contributed by atoms with E-state index in [0.29, 0.717) is 0 Å². The first-order valence-electron chi connectivity index (χ1n) is 16.2. The third kappa shape index (κ3) is 4.03. The molecule has 0 fully saturated rings. The van der Waals surface area contributed by atoms with E-state index in [9.17, 15) is 0 Å². The summed E-state index contributed by atoms with van der Waals surface area (Å²) >= 11 is 0. The number of fused-ring (bicyclic) bond motifs is 7. The minimum Gasteiger partial charge on any atom is -0.456 e. The van der Waals surface area contributed by atoms with Crippen LogP contribution in [0, 0.1) is 0 Å². The Bertz CT molecular complexity index is 2790. The summed E-state index contributed by atoms with van der Waals surface area (Å²) in [7, 11) is 0. The molecule has 0 unspecified atom stereocenters. The van der Waals surface area contributed by atoms with Crippen LogP contribution in [0.3, 0.4) is 0 Å². The highest BCUT2D eigenvalue weighted by atomic mass is 16.3. The lowest BCUT2D eigenvalue weighted by Gasteiger charge is -2.18. The molecule has 1 nitrogen and oxygen atoms in total. The van der Waals surface area contributed by atoms with E-state index in [1.807, 2.05) is 0 Å². The Morgan fingerprint density at radius 1 is 0.277 bits per heavy atom. The van der Waals surface area contributed by atoms with Crippen molar-refractivity contribution in [2.45, 2.75) is 0 Å². The number of benzene rings is 9. The zero-order valence-corrected chi connectivity index (χ0v) is 25.6. The fourth-order valence-corrected chi connectivity index (χ4v) is 7.67. The van der Waals surface area contributed by atoms with E-state index in [4.69, 9.17) is 4.42 Å². The molecule has 10 rings (SSSR count). The lowest BCUT2D eigenvalue weighted by atomic mass is 9.85. The van der Waals surface area contributed by atoms with Gasteiger partial charge in [-0.25, -0.2) is 0 Å². The molecule has 0 saturated heterocycles. The van der Waals surface area contributed by atoms with Gasteiger partial charge in [0.25, 0.3) is 0 Å². The average Bonchev–Trinajstić information content (AvgIpc) is 3.50. The summed E-state index contributed by atoms with van der Waals surface area (Å²) in [6.45, 7) is 0. The monoisotopic (exact) mass is 596 g/mol. The predicted octanol–water partition coefficient (Wildman–Crippen LogP) is 13.2. The molecule has 0 amide bonds. The summed E-state index contributed by atoms with van der Waals surface area (Å²) in [5.74, 6) is 0. The normalized spacial score (nSPS) is 11.8. The zero-order chi connectivity index (χ0) is 30.9. The number of hydrogen-bond acceptors (Lipinski definition) is 1. The number of furan rings is 1. The topological polar surface area (TPSA) is 13.1 Å². The molecule has 0 radical (unpaired) electrons. The highest BCUT2D eigenvalue weighted by Gasteiger charge is 2.18. The van der Waals surface area contributed by atoms with Crippen molar-refractivity contribution < 1.29 is 4.42 Å². The standard InChI is InChI=1S/C46H28O/c1-2-12-31-26-33(21-20-29(31)10-1)45-37-15-5-7-17-39(37)46(40-18-8-6-16-38(40)45)34-23-25-44-42(28-34)41-27-32(22-24-43(41)47-44)36-19-9-13-30-11-3-4-14-35(30)36/h1-28H. The van der Waals surface area contributed by atoms with Crippen molar-refractivity contribution >= 4 is 65.0 Å². The van der Waals surface area contributed by atoms with Crippen LogP contribution in [-0.2, 0) is 0 Å². The Balaban J connectivity index is 1.22. The minimum absolute atomic E-state index is 0.903. The maximum atomic E-state index is 6.41. The van der Waals surface area contributed by atoms with Gasteiger partial charge in [-0.2, -0.15) is 0 Å². The second-order valence-corrected chi connectivity index (χ2v) is 12.5. The summed E-state index contributed by atoms with van der Waals surface area (Å²) in [5.41, 5.74) is 9.19. The number of rotatable bonds is 3. The molecule has 0 spiro atoms. The molecule has 218 valence electrons. The predicted molar refractivity (Wildman–Crippen MR) is 200 cm³/mol. The van der Waals surface area contributed by atoms with Crippen molar-refractivity contribution in [1.82, 2.24) is 0 Å². The first-order valence-corrected chi connectivity index (χ1v) is 16.2. The molecular weight excluding hydrogens is 569 g/mol. The van der Waals surface area contributed by atoms with E-state index in [0.717, 1.165) is 21.9 Å². The number of hydrogen-bond donors (Lipinski definition) is 0. The SMILES string of the molecule is c1ccc2cc(-c3c4ccccc4c(-c4ccc5oc6ccc(-c7cccc8ccccc78)cc6c5c4)c4ccccc34)ccc2c1. The second kappa shape index (κ2) is 10.2. The van der Waals surface area contributed by atoms with Crippen LogP contribution in [0.25, 0.3) is 98.4 Å². The van der Waals surface area contributed by atoms with E-state index >= 15 is 0 Å². The molecule has 1 aromatic heterocycles. The van der Waals surface area contributed by atoms with Gasteiger partial charge in [-0.15, -0.1) is 0 Å². The van der Waals surface area contributed by atoms with Gasteiger partial charge in [0.05, 0.1) is 0 Å². The summed E-state index contributed by atoms with van der Waals surface area (Å²) < 4.78 is 6.41. The highest BCUT2D eigenvalue weighted by molar-refractivity contribution is 6.22. The van der Waals surface area contributed by atoms with Crippen LogP contribution < -0.4 is 0 Å². The molecular formula is C46H28O. The maximum Gasteiger partial charge on any atom is 0.135 e. The second-order valence-electron chi connectivity index (χ2n) is 12.5. The van der Waals surface area contributed by atoms with Crippen molar-refractivity contribution in [3.8, 4) is 33.4 Å². The van der Waals surface area contributed by atoms with Crippen LogP contribution in [-0.4, -0.2) is 0 Å². The Morgan fingerprint density at radius 2 is 0.745 bits per heavy atom. The molecule has 10 aromatic rings. The molecule has 0 aliphatic carbocycles. The molecule has 9 aromatic carbocycles. The van der Waals surface area contributed by atoms with Crippen LogP contribution in [0.4, 0.5) is 0 Å². The maximum absolute atomic E-state index is 6.41. The van der Waals surface area contributed by atoms with Crippen LogP contribution in [0.2, 0.25) is 0 Å². The summed E-state index contributed by atoms with van der Waals surface area (Å²) in [4.78, 5) is 0. The zero-order valence-electron chi connectivity index (χ0n) is 25.6. The van der Waals surface area contributed by atoms with Crippen molar-refractivity contribution in [2.75, 3.05) is 0 Å².